The third-order valence-electron chi connectivity index (χ3n) is 3.63. The molecule has 0 bridgehead atoms. The second-order valence-electron chi connectivity index (χ2n) is 6.29. The molecule has 0 radical (unpaired) electrons. The van der Waals surface area contributed by atoms with Crippen molar-refractivity contribution in [2.45, 2.75) is 52.6 Å². The van der Waals surface area contributed by atoms with Crippen molar-refractivity contribution in [2.24, 2.45) is 11.1 Å². The van der Waals surface area contributed by atoms with Gasteiger partial charge in [-0.1, -0.05) is 13.8 Å². The van der Waals surface area contributed by atoms with Crippen LogP contribution < -0.4 is 5.73 Å². The lowest BCUT2D eigenvalue weighted by Gasteiger charge is -2.62. The molecule has 0 amide bonds. The second-order valence-corrected chi connectivity index (χ2v) is 6.29. The summed E-state index contributed by atoms with van der Waals surface area (Å²) in [6.45, 7) is 15.6. The first-order valence-corrected chi connectivity index (χ1v) is 5.10. The van der Waals surface area contributed by atoms with E-state index in [4.69, 9.17) is 5.73 Å². The summed E-state index contributed by atoms with van der Waals surface area (Å²) in [4.78, 5) is 2.48. The van der Waals surface area contributed by atoms with Crippen LogP contribution in [0.5, 0.6) is 0 Å². The van der Waals surface area contributed by atoms with Gasteiger partial charge in [0.15, 0.2) is 0 Å². The molecule has 2 nitrogen and oxygen atoms in total. The highest BCUT2D eigenvalue weighted by atomic mass is 15.3. The van der Waals surface area contributed by atoms with Crippen LogP contribution >= 0.6 is 0 Å². The summed E-state index contributed by atoms with van der Waals surface area (Å²) in [7, 11) is 0. The molecule has 0 aliphatic carbocycles. The van der Waals surface area contributed by atoms with Gasteiger partial charge in [0, 0.05) is 24.2 Å². The number of nitrogens with two attached hydrogens (primary N) is 1. The van der Waals surface area contributed by atoms with Gasteiger partial charge in [-0.25, -0.2) is 0 Å². The Balaban J connectivity index is 2.60. The number of hydrogen-bond donors (Lipinski definition) is 1. The molecule has 1 aliphatic heterocycles. The summed E-state index contributed by atoms with van der Waals surface area (Å²) >= 11 is 0. The second kappa shape index (κ2) is 2.71. The molecule has 78 valence electrons. The minimum atomic E-state index is -0.0756. The van der Waals surface area contributed by atoms with Crippen LogP contribution in [0.3, 0.4) is 0 Å². The van der Waals surface area contributed by atoms with Gasteiger partial charge in [0.05, 0.1) is 0 Å². The maximum Gasteiger partial charge on any atom is 0.0226 e. The highest BCUT2D eigenvalue weighted by Crippen LogP contribution is 2.46. The zero-order chi connectivity index (χ0) is 10.5. The van der Waals surface area contributed by atoms with Crippen LogP contribution in [0.4, 0.5) is 0 Å². The molecule has 1 fully saturated rings. The van der Waals surface area contributed by atoms with Gasteiger partial charge in [0.1, 0.15) is 0 Å². The van der Waals surface area contributed by atoms with Gasteiger partial charge in [0.25, 0.3) is 0 Å². The molecule has 2 heteroatoms. The standard InChI is InChI=1S/C11H24N2/c1-9(2)7-13(11(9,5)6)8-10(3,4)12/h7-8,12H2,1-6H3. The number of likely N-dealkylation sites (tertiary alicyclic amines) is 1. The van der Waals surface area contributed by atoms with E-state index in [2.05, 4.69) is 46.4 Å². The molecule has 0 saturated carbocycles. The summed E-state index contributed by atoms with van der Waals surface area (Å²) in [5.41, 5.74) is 6.66. The van der Waals surface area contributed by atoms with Crippen LogP contribution in [0.15, 0.2) is 0 Å². The topological polar surface area (TPSA) is 29.3 Å². The Hall–Kier alpha value is -0.0800. The van der Waals surface area contributed by atoms with E-state index >= 15 is 0 Å². The molecule has 0 aromatic carbocycles. The Labute approximate surface area is 82.5 Å². The molecule has 1 aliphatic rings. The maximum absolute atomic E-state index is 6.01. The van der Waals surface area contributed by atoms with Gasteiger partial charge in [-0.15, -0.1) is 0 Å². The molecular weight excluding hydrogens is 160 g/mol. The van der Waals surface area contributed by atoms with Crippen LogP contribution in [-0.4, -0.2) is 29.1 Å². The van der Waals surface area contributed by atoms with E-state index in [-0.39, 0.29) is 5.54 Å². The van der Waals surface area contributed by atoms with E-state index in [0.29, 0.717) is 11.0 Å². The van der Waals surface area contributed by atoms with Crippen molar-refractivity contribution >= 4 is 0 Å². The van der Waals surface area contributed by atoms with Crippen LogP contribution in [0, 0.1) is 5.41 Å². The van der Waals surface area contributed by atoms with Crippen molar-refractivity contribution in [1.82, 2.24) is 4.90 Å². The predicted molar refractivity (Wildman–Crippen MR) is 57.7 cm³/mol. The first-order valence-electron chi connectivity index (χ1n) is 5.10. The Morgan fingerprint density at radius 2 is 1.69 bits per heavy atom. The number of hydrogen-bond acceptors (Lipinski definition) is 2. The molecular formula is C11H24N2. The van der Waals surface area contributed by atoms with Crippen LogP contribution in [0.2, 0.25) is 0 Å². The molecule has 0 spiro atoms. The average Bonchev–Trinajstić information content (AvgIpc) is 1.82. The normalized spacial score (nSPS) is 27.0. The fraction of sp³-hybridized carbons (Fsp3) is 1.00. The summed E-state index contributed by atoms with van der Waals surface area (Å²) in [6.07, 6.45) is 0. The van der Waals surface area contributed by atoms with E-state index in [1.807, 2.05) is 0 Å². The van der Waals surface area contributed by atoms with E-state index in [9.17, 15) is 0 Å². The Kier molecular flexibility index (Phi) is 2.29. The van der Waals surface area contributed by atoms with Crippen molar-refractivity contribution < 1.29 is 0 Å². The van der Waals surface area contributed by atoms with E-state index < -0.39 is 0 Å². The largest absolute Gasteiger partial charge is 0.324 e. The zero-order valence-corrected chi connectivity index (χ0v) is 9.94. The Morgan fingerprint density at radius 1 is 1.23 bits per heavy atom. The SMILES string of the molecule is CC(C)(N)CN1CC(C)(C)C1(C)C. The molecule has 13 heavy (non-hydrogen) atoms. The van der Waals surface area contributed by atoms with Crippen molar-refractivity contribution in [1.29, 1.82) is 0 Å². The highest BCUT2D eigenvalue weighted by Gasteiger charge is 2.52. The van der Waals surface area contributed by atoms with Gasteiger partial charge in [-0.3, -0.25) is 4.90 Å². The fourth-order valence-electron chi connectivity index (χ4n) is 1.95. The van der Waals surface area contributed by atoms with Crippen molar-refractivity contribution in [2.75, 3.05) is 13.1 Å². The third-order valence-corrected chi connectivity index (χ3v) is 3.63. The number of nitrogens with zero attached hydrogens (tertiary/aromatic N) is 1. The minimum absolute atomic E-state index is 0.0756. The Morgan fingerprint density at radius 3 is 1.92 bits per heavy atom. The van der Waals surface area contributed by atoms with Gasteiger partial charge in [-0.05, 0) is 33.1 Å². The van der Waals surface area contributed by atoms with Gasteiger partial charge < -0.3 is 5.73 Å². The van der Waals surface area contributed by atoms with E-state index in [0.717, 1.165) is 6.54 Å². The highest BCUT2D eigenvalue weighted by molar-refractivity contribution is 5.07. The molecule has 2 N–H and O–H groups in total. The summed E-state index contributed by atoms with van der Waals surface area (Å²) in [5, 5.41) is 0. The zero-order valence-electron chi connectivity index (χ0n) is 9.94. The molecule has 0 aromatic rings. The molecule has 1 heterocycles. The smallest absolute Gasteiger partial charge is 0.0226 e. The maximum atomic E-state index is 6.01. The van der Waals surface area contributed by atoms with E-state index in [1.54, 1.807) is 0 Å². The molecule has 0 atom stereocenters. The summed E-state index contributed by atoms with van der Waals surface area (Å²) in [5.74, 6) is 0. The summed E-state index contributed by atoms with van der Waals surface area (Å²) < 4.78 is 0. The van der Waals surface area contributed by atoms with Crippen LogP contribution in [0.1, 0.15) is 41.5 Å². The monoisotopic (exact) mass is 184 g/mol. The lowest BCUT2D eigenvalue weighted by atomic mass is 9.65. The van der Waals surface area contributed by atoms with Gasteiger partial charge in [0.2, 0.25) is 0 Å². The van der Waals surface area contributed by atoms with E-state index in [1.165, 1.54) is 6.54 Å². The Bertz CT molecular complexity index is 199. The lowest BCUT2D eigenvalue weighted by Crippen LogP contribution is -2.71. The van der Waals surface area contributed by atoms with Gasteiger partial charge in [-0.2, -0.15) is 0 Å². The van der Waals surface area contributed by atoms with Crippen molar-refractivity contribution in [3.8, 4) is 0 Å². The average molecular weight is 184 g/mol. The molecule has 0 unspecified atom stereocenters. The fourth-order valence-corrected chi connectivity index (χ4v) is 1.95. The van der Waals surface area contributed by atoms with Gasteiger partial charge >= 0.3 is 0 Å². The minimum Gasteiger partial charge on any atom is -0.324 e. The lowest BCUT2D eigenvalue weighted by molar-refractivity contribution is -0.123. The predicted octanol–water partition coefficient (Wildman–Crippen LogP) is 1.84. The molecule has 0 aromatic heterocycles. The quantitative estimate of drug-likeness (QED) is 0.709. The summed E-state index contributed by atoms with van der Waals surface area (Å²) in [6, 6.07) is 0. The first kappa shape index (κ1) is 11.0. The van der Waals surface area contributed by atoms with Crippen molar-refractivity contribution in [3.63, 3.8) is 0 Å². The first-order chi connectivity index (χ1) is 5.56. The van der Waals surface area contributed by atoms with Crippen LogP contribution in [0.25, 0.3) is 0 Å². The number of rotatable bonds is 2. The van der Waals surface area contributed by atoms with Crippen molar-refractivity contribution in [3.05, 3.63) is 0 Å². The molecule has 1 saturated heterocycles. The van der Waals surface area contributed by atoms with Crippen LogP contribution in [-0.2, 0) is 0 Å². The third kappa shape index (κ3) is 1.89. The molecule has 1 rings (SSSR count).